The Morgan fingerprint density at radius 3 is 2.69 bits per heavy atom. The van der Waals surface area contributed by atoms with Gasteiger partial charge in [-0.2, -0.15) is 0 Å². The van der Waals surface area contributed by atoms with Gasteiger partial charge in [0.25, 0.3) is 0 Å². The Labute approximate surface area is 96.2 Å². The number of nitrogens with one attached hydrogen (secondary N) is 1. The number of oxime groups is 1. The number of hydrogen-bond acceptors (Lipinski definition) is 3. The van der Waals surface area contributed by atoms with Gasteiger partial charge in [0, 0.05) is 18.2 Å². The second kappa shape index (κ2) is 5.51. The van der Waals surface area contributed by atoms with E-state index in [0.717, 1.165) is 17.7 Å². The lowest BCUT2D eigenvalue weighted by Crippen LogP contribution is -2.22. The highest BCUT2D eigenvalue weighted by molar-refractivity contribution is 5.97. The van der Waals surface area contributed by atoms with Gasteiger partial charge in [-0.1, -0.05) is 31.1 Å². The van der Waals surface area contributed by atoms with Gasteiger partial charge >= 0.3 is 0 Å². The summed E-state index contributed by atoms with van der Waals surface area (Å²) in [5.74, 6) is 0.145. The summed E-state index contributed by atoms with van der Waals surface area (Å²) in [5.41, 5.74) is 8.63. The summed E-state index contributed by atoms with van der Waals surface area (Å²) < 4.78 is 0. The molecule has 1 aromatic carbocycles. The number of amidine groups is 1. The molecule has 4 nitrogen and oxygen atoms in total. The molecule has 0 saturated carbocycles. The van der Waals surface area contributed by atoms with Gasteiger partial charge in [0.1, 0.15) is 0 Å². The Balaban J connectivity index is 2.83. The third kappa shape index (κ3) is 3.24. The highest BCUT2D eigenvalue weighted by atomic mass is 16.4. The van der Waals surface area contributed by atoms with Gasteiger partial charge in [0.15, 0.2) is 5.84 Å². The molecule has 4 heteroatoms. The molecule has 88 valence electrons. The Hall–Kier alpha value is -1.55. The van der Waals surface area contributed by atoms with Crippen molar-refractivity contribution in [1.82, 2.24) is 5.32 Å². The summed E-state index contributed by atoms with van der Waals surface area (Å²) in [6, 6.07) is 6.24. The average molecular weight is 221 g/mol. The maximum absolute atomic E-state index is 8.58. The quantitative estimate of drug-likeness (QED) is 0.313. The summed E-state index contributed by atoms with van der Waals surface area (Å²) in [7, 11) is 0. The molecule has 0 radical (unpaired) electrons. The predicted octanol–water partition coefficient (Wildman–Crippen LogP) is 1.59. The van der Waals surface area contributed by atoms with E-state index in [-0.39, 0.29) is 5.84 Å². The van der Waals surface area contributed by atoms with Crippen LogP contribution in [0.3, 0.4) is 0 Å². The summed E-state index contributed by atoms with van der Waals surface area (Å²) >= 11 is 0. The largest absolute Gasteiger partial charge is 0.409 e. The van der Waals surface area contributed by atoms with Gasteiger partial charge in [-0.3, -0.25) is 0 Å². The molecule has 0 aromatic heterocycles. The average Bonchev–Trinajstić information content (AvgIpc) is 2.26. The third-order valence-corrected chi connectivity index (χ3v) is 2.45. The summed E-state index contributed by atoms with van der Waals surface area (Å²) in [4.78, 5) is 0. The minimum Gasteiger partial charge on any atom is -0.409 e. The second-order valence-corrected chi connectivity index (χ2v) is 4.16. The van der Waals surface area contributed by atoms with Gasteiger partial charge in [0.2, 0.25) is 0 Å². The molecule has 1 rings (SSSR count). The van der Waals surface area contributed by atoms with Crippen LogP contribution >= 0.6 is 0 Å². The van der Waals surface area contributed by atoms with Crippen LogP contribution in [0.5, 0.6) is 0 Å². The fourth-order valence-electron chi connectivity index (χ4n) is 1.43. The molecule has 0 unspecified atom stereocenters. The first-order valence-electron chi connectivity index (χ1n) is 5.35. The smallest absolute Gasteiger partial charge is 0.170 e. The van der Waals surface area contributed by atoms with Crippen LogP contribution < -0.4 is 11.1 Å². The molecule has 0 amide bonds. The zero-order chi connectivity index (χ0) is 12.1. The Kier molecular flexibility index (Phi) is 4.31. The van der Waals surface area contributed by atoms with Crippen molar-refractivity contribution in [2.45, 2.75) is 33.4 Å². The van der Waals surface area contributed by atoms with Crippen molar-refractivity contribution in [1.29, 1.82) is 0 Å². The first kappa shape index (κ1) is 12.5. The molecule has 0 atom stereocenters. The highest BCUT2D eigenvalue weighted by Gasteiger charge is 2.03. The number of benzene rings is 1. The second-order valence-electron chi connectivity index (χ2n) is 4.16. The number of aryl methyl sites for hydroxylation is 1. The Bertz CT molecular complexity index is 386. The summed E-state index contributed by atoms with van der Waals surface area (Å²) in [5, 5.41) is 14.9. The zero-order valence-electron chi connectivity index (χ0n) is 9.99. The minimum atomic E-state index is 0.145. The van der Waals surface area contributed by atoms with E-state index in [2.05, 4.69) is 24.3 Å². The molecule has 0 heterocycles. The minimum absolute atomic E-state index is 0.145. The topological polar surface area (TPSA) is 70.6 Å². The zero-order valence-corrected chi connectivity index (χ0v) is 9.99. The van der Waals surface area contributed by atoms with Crippen molar-refractivity contribution in [3.05, 3.63) is 34.9 Å². The molecule has 0 aliphatic carbocycles. The molecule has 0 aliphatic rings. The van der Waals surface area contributed by atoms with Gasteiger partial charge in [-0.25, -0.2) is 0 Å². The van der Waals surface area contributed by atoms with Crippen LogP contribution in [0.1, 0.15) is 30.5 Å². The van der Waals surface area contributed by atoms with E-state index in [4.69, 9.17) is 10.9 Å². The lowest BCUT2D eigenvalue weighted by molar-refractivity contribution is 0.318. The lowest BCUT2D eigenvalue weighted by Gasteiger charge is -2.11. The van der Waals surface area contributed by atoms with Gasteiger partial charge < -0.3 is 16.3 Å². The third-order valence-electron chi connectivity index (χ3n) is 2.45. The standard InChI is InChI=1S/C12H19N3O/c1-8(2)14-7-11-5-4-10(6-9(11)3)12(13)15-16/h4-6,8,14,16H,7H2,1-3H3,(H2,13,15). The van der Waals surface area contributed by atoms with E-state index in [1.54, 1.807) is 0 Å². The molecule has 1 aromatic rings. The van der Waals surface area contributed by atoms with Crippen molar-refractivity contribution in [2.24, 2.45) is 10.9 Å². The van der Waals surface area contributed by atoms with Crippen molar-refractivity contribution >= 4 is 5.84 Å². The fraction of sp³-hybridized carbons (Fsp3) is 0.417. The van der Waals surface area contributed by atoms with Crippen LogP contribution in [-0.2, 0) is 6.54 Å². The van der Waals surface area contributed by atoms with E-state index in [1.165, 1.54) is 5.56 Å². The molecular formula is C12H19N3O. The normalized spacial score (nSPS) is 12.1. The van der Waals surface area contributed by atoms with Crippen LogP contribution in [0.15, 0.2) is 23.4 Å². The molecule has 0 spiro atoms. The molecule has 16 heavy (non-hydrogen) atoms. The monoisotopic (exact) mass is 221 g/mol. The van der Waals surface area contributed by atoms with Crippen LogP contribution in [0, 0.1) is 6.92 Å². The van der Waals surface area contributed by atoms with Crippen LogP contribution in [-0.4, -0.2) is 17.1 Å². The van der Waals surface area contributed by atoms with E-state index in [0.29, 0.717) is 6.04 Å². The maximum Gasteiger partial charge on any atom is 0.170 e. The van der Waals surface area contributed by atoms with E-state index >= 15 is 0 Å². The summed E-state index contributed by atoms with van der Waals surface area (Å²) in [6.45, 7) is 7.08. The summed E-state index contributed by atoms with van der Waals surface area (Å²) in [6.07, 6.45) is 0. The van der Waals surface area contributed by atoms with Gasteiger partial charge in [0.05, 0.1) is 0 Å². The van der Waals surface area contributed by atoms with Crippen LogP contribution in [0.25, 0.3) is 0 Å². The SMILES string of the molecule is Cc1cc(/C(N)=N/O)ccc1CNC(C)C. The van der Waals surface area contributed by atoms with Crippen LogP contribution in [0.4, 0.5) is 0 Å². The highest BCUT2D eigenvalue weighted by Crippen LogP contribution is 2.11. The fourth-order valence-corrected chi connectivity index (χ4v) is 1.43. The van der Waals surface area contributed by atoms with E-state index < -0.39 is 0 Å². The van der Waals surface area contributed by atoms with Crippen LogP contribution in [0.2, 0.25) is 0 Å². The van der Waals surface area contributed by atoms with Crippen molar-refractivity contribution in [3.8, 4) is 0 Å². The lowest BCUT2D eigenvalue weighted by atomic mass is 10.0. The van der Waals surface area contributed by atoms with Crippen molar-refractivity contribution in [3.63, 3.8) is 0 Å². The predicted molar refractivity (Wildman–Crippen MR) is 65.7 cm³/mol. The maximum atomic E-state index is 8.58. The van der Waals surface area contributed by atoms with Crippen molar-refractivity contribution in [2.75, 3.05) is 0 Å². The molecule has 0 fully saturated rings. The van der Waals surface area contributed by atoms with Crippen molar-refractivity contribution < 1.29 is 5.21 Å². The molecule has 0 aliphatic heterocycles. The Morgan fingerprint density at radius 1 is 1.50 bits per heavy atom. The molecular weight excluding hydrogens is 202 g/mol. The molecule has 0 saturated heterocycles. The van der Waals surface area contributed by atoms with E-state index in [1.807, 2.05) is 25.1 Å². The first-order valence-corrected chi connectivity index (χ1v) is 5.35. The number of nitrogens with two attached hydrogens (primary N) is 1. The van der Waals surface area contributed by atoms with E-state index in [9.17, 15) is 0 Å². The molecule has 0 bridgehead atoms. The Morgan fingerprint density at radius 2 is 2.19 bits per heavy atom. The number of nitrogens with zero attached hydrogens (tertiary/aromatic N) is 1. The van der Waals surface area contributed by atoms with Gasteiger partial charge in [-0.05, 0) is 24.1 Å². The number of rotatable bonds is 4. The molecule has 4 N–H and O–H groups in total. The van der Waals surface area contributed by atoms with Gasteiger partial charge in [-0.15, -0.1) is 0 Å². The number of hydrogen-bond donors (Lipinski definition) is 3. The first-order chi connectivity index (χ1) is 7.54.